The Morgan fingerprint density at radius 1 is 0.548 bits per heavy atom. The third-order valence-electron chi connectivity index (χ3n) is 5.07. The molecule has 4 aromatic carbocycles. The van der Waals surface area contributed by atoms with Crippen LogP contribution in [0, 0.1) is 13.8 Å². The van der Waals surface area contributed by atoms with Gasteiger partial charge in [0.1, 0.15) is 11.6 Å². The third-order valence-corrected chi connectivity index (χ3v) is 5.07. The van der Waals surface area contributed by atoms with Crippen molar-refractivity contribution in [3.63, 3.8) is 0 Å². The summed E-state index contributed by atoms with van der Waals surface area (Å²) in [5.41, 5.74) is 2.70. The predicted octanol–water partition coefficient (Wildman–Crippen LogP) is 7.63. The Labute approximate surface area is 185 Å². The highest BCUT2D eigenvalue weighted by molar-refractivity contribution is 5.86. The molecule has 160 valence electrons. The lowest BCUT2D eigenvalue weighted by Gasteiger charge is -1.98. The lowest BCUT2D eigenvalue weighted by atomic mass is 10.1. The normalized spacial score (nSPS) is 9.94. The maximum absolute atomic E-state index is 10.3. The van der Waals surface area contributed by atoms with Gasteiger partial charge in [0.15, 0.2) is 0 Å². The van der Waals surface area contributed by atoms with E-state index < -0.39 is 0 Å². The number of carbonyl (C=O) groups excluding carboxylic acids is 2. The number of benzene rings is 4. The second-order valence-corrected chi connectivity index (χ2v) is 7.85. The van der Waals surface area contributed by atoms with E-state index in [1.165, 1.54) is 32.7 Å². The van der Waals surface area contributed by atoms with Gasteiger partial charge >= 0.3 is 0 Å². The summed E-state index contributed by atoms with van der Waals surface area (Å²) in [5.74, 6) is 0.326. The van der Waals surface area contributed by atoms with Crippen LogP contribution in [0.25, 0.3) is 21.5 Å². The number of aryl methyl sites for hydroxylation is 2. The summed E-state index contributed by atoms with van der Waals surface area (Å²) in [6, 6.07) is 29.7. The Morgan fingerprint density at radius 2 is 0.903 bits per heavy atom. The van der Waals surface area contributed by atoms with Crippen LogP contribution in [-0.2, 0) is 9.59 Å². The molecule has 31 heavy (non-hydrogen) atoms. The summed E-state index contributed by atoms with van der Waals surface area (Å²) in [4.78, 5) is 20.6. The van der Waals surface area contributed by atoms with Crippen LogP contribution in [0.2, 0.25) is 0 Å². The summed E-state index contributed by atoms with van der Waals surface area (Å²) in [6.07, 6.45) is 1.80. The van der Waals surface area contributed by atoms with Crippen molar-refractivity contribution < 1.29 is 9.59 Å². The Balaban J connectivity index is 0.000000167. The van der Waals surface area contributed by atoms with Gasteiger partial charge in [-0.2, -0.15) is 0 Å². The van der Waals surface area contributed by atoms with Gasteiger partial charge in [0.25, 0.3) is 0 Å². The largest absolute Gasteiger partial charge is 0.300 e. The quantitative estimate of drug-likeness (QED) is 0.345. The molecule has 0 aliphatic carbocycles. The predicted molar refractivity (Wildman–Crippen MR) is 133 cm³/mol. The molecule has 0 radical (unpaired) electrons. The van der Waals surface area contributed by atoms with Crippen molar-refractivity contribution >= 4 is 33.1 Å². The SMILES string of the molecule is CC(=O)CCCC(C)=O.Cc1cccc2ccccc12.Cc1cccc2ccccc12. The Morgan fingerprint density at radius 3 is 1.26 bits per heavy atom. The number of hydrogen-bond acceptors (Lipinski definition) is 2. The minimum atomic E-state index is 0.163. The van der Waals surface area contributed by atoms with Crippen LogP contribution >= 0.6 is 0 Å². The smallest absolute Gasteiger partial charge is 0.129 e. The maximum atomic E-state index is 10.3. The highest BCUT2D eigenvalue weighted by Crippen LogP contribution is 2.17. The minimum Gasteiger partial charge on any atom is -0.300 e. The van der Waals surface area contributed by atoms with E-state index in [4.69, 9.17) is 0 Å². The first-order valence-electron chi connectivity index (χ1n) is 10.8. The Bertz CT molecular complexity index is 1040. The van der Waals surface area contributed by atoms with E-state index in [1.54, 1.807) is 13.8 Å². The first-order chi connectivity index (χ1) is 14.9. The summed E-state index contributed by atoms with van der Waals surface area (Å²) < 4.78 is 0. The van der Waals surface area contributed by atoms with E-state index >= 15 is 0 Å². The van der Waals surface area contributed by atoms with Crippen molar-refractivity contribution in [1.29, 1.82) is 0 Å². The van der Waals surface area contributed by atoms with E-state index in [0.717, 1.165) is 0 Å². The molecule has 0 heterocycles. The van der Waals surface area contributed by atoms with Crippen molar-refractivity contribution in [1.82, 2.24) is 0 Å². The second kappa shape index (κ2) is 12.4. The van der Waals surface area contributed by atoms with Crippen LogP contribution < -0.4 is 0 Å². The van der Waals surface area contributed by atoms with E-state index in [1.807, 2.05) is 0 Å². The van der Waals surface area contributed by atoms with Gasteiger partial charge in [-0.1, -0.05) is 84.9 Å². The van der Waals surface area contributed by atoms with Crippen LogP contribution in [0.5, 0.6) is 0 Å². The molecular formula is C29H32O2. The minimum absolute atomic E-state index is 0.163. The van der Waals surface area contributed by atoms with Crippen molar-refractivity contribution in [2.24, 2.45) is 0 Å². The van der Waals surface area contributed by atoms with Gasteiger partial charge in [0, 0.05) is 12.8 Å². The van der Waals surface area contributed by atoms with Gasteiger partial charge in [-0.05, 0) is 66.8 Å². The molecular weight excluding hydrogens is 380 g/mol. The molecule has 0 amide bonds. The van der Waals surface area contributed by atoms with E-state index in [9.17, 15) is 9.59 Å². The number of fused-ring (bicyclic) bond motifs is 2. The monoisotopic (exact) mass is 412 g/mol. The zero-order valence-corrected chi connectivity index (χ0v) is 19.0. The number of ketones is 2. The molecule has 0 aliphatic heterocycles. The van der Waals surface area contributed by atoms with Crippen molar-refractivity contribution in [2.75, 3.05) is 0 Å². The van der Waals surface area contributed by atoms with Crippen molar-refractivity contribution in [2.45, 2.75) is 47.0 Å². The molecule has 2 heteroatoms. The van der Waals surface area contributed by atoms with Gasteiger partial charge in [-0.15, -0.1) is 0 Å². The number of hydrogen-bond donors (Lipinski definition) is 0. The molecule has 0 saturated heterocycles. The molecule has 0 aliphatic rings. The molecule has 0 N–H and O–H groups in total. The summed E-state index contributed by atoms with van der Waals surface area (Å²) in [6.45, 7) is 7.37. The molecule has 0 spiro atoms. The van der Waals surface area contributed by atoms with Crippen LogP contribution in [0.15, 0.2) is 84.9 Å². The fourth-order valence-electron chi connectivity index (χ4n) is 3.36. The van der Waals surface area contributed by atoms with Crippen molar-refractivity contribution in [3.8, 4) is 0 Å². The lowest BCUT2D eigenvalue weighted by Crippen LogP contribution is -1.93. The first kappa shape index (κ1) is 24.0. The molecule has 4 rings (SSSR count). The van der Waals surface area contributed by atoms with E-state index in [2.05, 4.69) is 98.8 Å². The van der Waals surface area contributed by atoms with Crippen LogP contribution in [0.4, 0.5) is 0 Å². The summed E-state index contributed by atoms with van der Waals surface area (Å²) >= 11 is 0. The van der Waals surface area contributed by atoms with E-state index in [-0.39, 0.29) is 11.6 Å². The summed E-state index contributed by atoms with van der Waals surface area (Å²) in [7, 11) is 0. The molecule has 0 bridgehead atoms. The molecule has 0 unspecified atom stereocenters. The van der Waals surface area contributed by atoms with Gasteiger partial charge < -0.3 is 9.59 Å². The highest BCUT2D eigenvalue weighted by atomic mass is 16.1. The van der Waals surface area contributed by atoms with Crippen LogP contribution in [0.3, 0.4) is 0 Å². The maximum Gasteiger partial charge on any atom is 0.129 e. The fraction of sp³-hybridized carbons (Fsp3) is 0.241. The molecule has 0 saturated carbocycles. The highest BCUT2D eigenvalue weighted by Gasteiger charge is 1.95. The number of Topliss-reactive ketones (excluding diaryl/α,β-unsaturated/α-hetero) is 2. The molecule has 4 aromatic rings. The zero-order valence-electron chi connectivity index (χ0n) is 19.0. The van der Waals surface area contributed by atoms with Gasteiger partial charge in [-0.3, -0.25) is 0 Å². The molecule has 0 fully saturated rings. The second-order valence-electron chi connectivity index (χ2n) is 7.85. The fourth-order valence-corrected chi connectivity index (χ4v) is 3.36. The Kier molecular flexibility index (Phi) is 9.64. The first-order valence-corrected chi connectivity index (χ1v) is 10.8. The Hall–Kier alpha value is -3.26. The van der Waals surface area contributed by atoms with Crippen molar-refractivity contribution in [3.05, 3.63) is 96.1 Å². The number of rotatable bonds is 4. The number of carbonyl (C=O) groups is 2. The topological polar surface area (TPSA) is 34.1 Å². The molecule has 0 atom stereocenters. The zero-order chi connectivity index (χ0) is 22.6. The van der Waals surface area contributed by atoms with Gasteiger partial charge in [0.05, 0.1) is 0 Å². The van der Waals surface area contributed by atoms with E-state index in [0.29, 0.717) is 19.3 Å². The lowest BCUT2D eigenvalue weighted by molar-refractivity contribution is -0.118. The molecule has 0 aromatic heterocycles. The van der Waals surface area contributed by atoms with Crippen LogP contribution in [0.1, 0.15) is 44.2 Å². The average molecular weight is 413 g/mol. The molecule has 2 nitrogen and oxygen atoms in total. The van der Waals surface area contributed by atoms with Gasteiger partial charge in [-0.25, -0.2) is 0 Å². The van der Waals surface area contributed by atoms with Gasteiger partial charge in [0.2, 0.25) is 0 Å². The average Bonchev–Trinajstić information content (AvgIpc) is 2.75. The van der Waals surface area contributed by atoms with Crippen LogP contribution in [-0.4, -0.2) is 11.6 Å². The third kappa shape index (κ3) is 8.18. The standard InChI is InChI=1S/2C11H10.C7H12O2/c2*1-9-5-4-7-10-6-2-3-8-11(9)10;1-6(8)4-3-5-7(2)9/h2*2-8H,1H3;3-5H2,1-2H3. The summed E-state index contributed by atoms with van der Waals surface area (Å²) in [5, 5.41) is 5.37.